The highest BCUT2D eigenvalue weighted by Crippen LogP contribution is 2.51. The molecule has 3 aromatic carbocycles. The zero-order valence-corrected chi connectivity index (χ0v) is 20.1. The monoisotopic (exact) mass is 477 g/mol. The largest absolute Gasteiger partial charge is 0.309 e. The van der Waals surface area contributed by atoms with Crippen LogP contribution in [-0.4, -0.2) is 19.3 Å². The molecular formula is C32H23N5. The molecule has 176 valence electrons. The molecule has 0 spiro atoms. The van der Waals surface area contributed by atoms with Crippen LogP contribution in [0.15, 0.2) is 127 Å². The molecule has 1 aliphatic heterocycles. The van der Waals surface area contributed by atoms with Crippen molar-refractivity contribution in [2.45, 2.75) is 12.3 Å². The summed E-state index contributed by atoms with van der Waals surface area (Å²) in [5.74, 6) is 1.27. The zero-order valence-electron chi connectivity index (χ0n) is 20.1. The van der Waals surface area contributed by atoms with E-state index in [1.807, 2.05) is 35.4 Å². The summed E-state index contributed by atoms with van der Waals surface area (Å²) in [6.45, 7) is 0. The number of nitrogens with zero attached hydrogens (tertiary/aromatic N) is 5. The van der Waals surface area contributed by atoms with Crippen molar-refractivity contribution in [3.63, 3.8) is 0 Å². The number of allylic oxidation sites excluding steroid dienone is 4. The van der Waals surface area contributed by atoms with Gasteiger partial charge < -0.3 is 4.57 Å². The Morgan fingerprint density at radius 3 is 2.51 bits per heavy atom. The molecule has 0 radical (unpaired) electrons. The van der Waals surface area contributed by atoms with Gasteiger partial charge in [-0.1, -0.05) is 54.6 Å². The molecule has 0 bridgehead atoms. The highest BCUT2D eigenvalue weighted by atomic mass is 15.3. The summed E-state index contributed by atoms with van der Waals surface area (Å²) in [6.07, 6.45) is 11.4. The highest BCUT2D eigenvalue weighted by molar-refractivity contribution is 6.11. The fourth-order valence-corrected chi connectivity index (χ4v) is 6.00. The van der Waals surface area contributed by atoms with Crippen LogP contribution in [0.1, 0.15) is 17.9 Å². The van der Waals surface area contributed by atoms with E-state index >= 15 is 0 Å². The lowest BCUT2D eigenvalue weighted by Crippen LogP contribution is -2.17. The Bertz CT molecular complexity index is 1860. The van der Waals surface area contributed by atoms with Gasteiger partial charge in [-0.3, -0.25) is 4.90 Å². The van der Waals surface area contributed by atoms with Crippen LogP contribution < -0.4 is 4.90 Å². The summed E-state index contributed by atoms with van der Waals surface area (Å²) in [7, 11) is 0. The van der Waals surface area contributed by atoms with Crippen LogP contribution in [0, 0.1) is 0 Å². The van der Waals surface area contributed by atoms with E-state index in [-0.39, 0.29) is 0 Å². The normalized spacial score (nSPS) is 16.5. The van der Waals surface area contributed by atoms with E-state index < -0.39 is 0 Å². The molecule has 4 heterocycles. The van der Waals surface area contributed by atoms with Crippen LogP contribution in [-0.2, 0) is 0 Å². The third kappa shape index (κ3) is 2.97. The Hall–Kier alpha value is -4.90. The molecule has 0 saturated carbocycles. The molecule has 37 heavy (non-hydrogen) atoms. The first-order valence-electron chi connectivity index (χ1n) is 12.6. The first-order valence-corrected chi connectivity index (χ1v) is 12.6. The number of pyridine rings is 1. The predicted molar refractivity (Wildman–Crippen MR) is 149 cm³/mol. The van der Waals surface area contributed by atoms with Gasteiger partial charge in [-0.2, -0.15) is 5.10 Å². The van der Waals surface area contributed by atoms with Crippen molar-refractivity contribution >= 4 is 39.0 Å². The van der Waals surface area contributed by atoms with E-state index in [9.17, 15) is 0 Å². The lowest BCUT2D eigenvalue weighted by atomic mass is 9.91. The maximum atomic E-state index is 4.73. The van der Waals surface area contributed by atoms with Crippen LogP contribution in [0.25, 0.3) is 33.2 Å². The molecular weight excluding hydrogens is 454 g/mol. The molecule has 0 fully saturated rings. The molecule has 0 amide bonds. The lowest BCUT2D eigenvalue weighted by molar-refractivity contribution is 0.814. The maximum absolute atomic E-state index is 4.73. The van der Waals surface area contributed by atoms with E-state index in [0.717, 1.165) is 17.9 Å². The van der Waals surface area contributed by atoms with Crippen molar-refractivity contribution in [1.29, 1.82) is 0 Å². The van der Waals surface area contributed by atoms with Crippen LogP contribution in [0.2, 0.25) is 0 Å². The van der Waals surface area contributed by atoms with Crippen molar-refractivity contribution in [2.24, 2.45) is 0 Å². The number of hydrogen-bond acceptors (Lipinski definition) is 3. The summed E-state index contributed by atoms with van der Waals surface area (Å²) >= 11 is 0. The third-order valence-corrected chi connectivity index (χ3v) is 7.59. The number of rotatable bonds is 3. The van der Waals surface area contributed by atoms with Crippen LogP contribution in [0.3, 0.4) is 0 Å². The summed E-state index contributed by atoms with van der Waals surface area (Å²) < 4.78 is 4.32. The van der Waals surface area contributed by atoms with E-state index in [0.29, 0.717) is 5.92 Å². The molecule has 5 nitrogen and oxygen atoms in total. The van der Waals surface area contributed by atoms with Gasteiger partial charge in [-0.15, -0.1) is 0 Å². The van der Waals surface area contributed by atoms with Gasteiger partial charge in [0, 0.05) is 46.7 Å². The number of aromatic nitrogens is 4. The molecule has 5 heteroatoms. The van der Waals surface area contributed by atoms with Crippen molar-refractivity contribution in [3.05, 3.63) is 133 Å². The average molecular weight is 478 g/mol. The number of para-hydroxylation sites is 2. The molecule has 3 aromatic heterocycles. The number of fused-ring (bicyclic) bond motifs is 6. The Labute approximate surface area is 214 Å². The van der Waals surface area contributed by atoms with Crippen molar-refractivity contribution in [2.75, 3.05) is 4.90 Å². The van der Waals surface area contributed by atoms with Gasteiger partial charge in [0.2, 0.25) is 0 Å². The van der Waals surface area contributed by atoms with Gasteiger partial charge in [-0.05, 0) is 60.5 Å². The Kier molecular flexibility index (Phi) is 4.28. The molecule has 1 unspecified atom stereocenters. The molecule has 1 aliphatic carbocycles. The van der Waals surface area contributed by atoms with Crippen molar-refractivity contribution < 1.29 is 0 Å². The summed E-state index contributed by atoms with van der Waals surface area (Å²) in [4.78, 5) is 7.06. The minimum absolute atomic E-state index is 0.315. The molecule has 6 aromatic rings. The average Bonchev–Trinajstić information content (AvgIpc) is 3.68. The predicted octanol–water partition coefficient (Wildman–Crippen LogP) is 7.44. The van der Waals surface area contributed by atoms with Crippen molar-refractivity contribution in [3.8, 4) is 5.69 Å². The first-order chi connectivity index (χ1) is 18.4. The van der Waals surface area contributed by atoms with Gasteiger partial charge >= 0.3 is 0 Å². The van der Waals surface area contributed by atoms with Gasteiger partial charge in [-0.25, -0.2) is 9.67 Å². The minimum Gasteiger partial charge on any atom is -0.309 e. The Balaban J connectivity index is 1.35. The second-order valence-electron chi connectivity index (χ2n) is 9.57. The van der Waals surface area contributed by atoms with Gasteiger partial charge in [0.25, 0.3) is 0 Å². The highest BCUT2D eigenvalue weighted by Gasteiger charge is 2.36. The molecule has 1 atom stereocenters. The zero-order chi connectivity index (χ0) is 24.3. The maximum Gasteiger partial charge on any atom is 0.137 e. The van der Waals surface area contributed by atoms with E-state index in [1.165, 1.54) is 44.5 Å². The third-order valence-electron chi connectivity index (χ3n) is 7.59. The van der Waals surface area contributed by atoms with Crippen LogP contribution in [0.4, 0.5) is 11.5 Å². The SMILES string of the molecule is C1=C2C(CC=C1n1c3ccccc3c3ccc(-n4cccn4)cc31)c1ccccc1N2c1ccccn1. The summed E-state index contributed by atoms with van der Waals surface area (Å²) in [6, 6.07) is 32.1. The molecule has 2 aliphatic rings. The van der Waals surface area contributed by atoms with Crippen molar-refractivity contribution in [1.82, 2.24) is 19.3 Å². The van der Waals surface area contributed by atoms with Gasteiger partial charge in [0.1, 0.15) is 5.82 Å². The Morgan fingerprint density at radius 1 is 0.757 bits per heavy atom. The number of benzene rings is 3. The van der Waals surface area contributed by atoms with Crippen LogP contribution >= 0.6 is 0 Å². The quantitative estimate of drug-likeness (QED) is 0.266. The molecule has 0 N–H and O–H groups in total. The minimum atomic E-state index is 0.315. The fourth-order valence-electron chi connectivity index (χ4n) is 6.00. The standard InChI is InChI=1S/C32H23N5/c1-3-10-28-24(8-1)26-15-13-22(35-19-7-18-34-35)20-30(26)36(28)23-14-16-27-25-9-2-4-11-29(25)37(31(27)21-23)32-12-5-6-17-33-32/h1-15,17-21,27H,16H2. The Morgan fingerprint density at radius 2 is 1.62 bits per heavy atom. The molecule has 0 saturated heterocycles. The lowest BCUT2D eigenvalue weighted by Gasteiger charge is -2.26. The first kappa shape index (κ1) is 20.3. The summed E-state index contributed by atoms with van der Waals surface area (Å²) in [5, 5.41) is 6.96. The second kappa shape index (κ2) is 7.80. The van der Waals surface area contributed by atoms with Crippen LogP contribution in [0.5, 0.6) is 0 Å². The van der Waals surface area contributed by atoms with Gasteiger partial charge in [0.05, 0.1) is 22.4 Å². The fraction of sp³-hybridized carbons (Fsp3) is 0.0625. The van der Waals surface area contributed by atoms with E-state index in [4.69, 9.17) is 4.98 Å². The topological polar surface area (TPSA) is 38.9 Å². The molecule has 8 rings (SSSR count). The smallest absolute Gasteiger partial charge is 0.137 e. The summed E-state index contributed by atoms with van der Waals surface area (Å²) in [5.41, 5.74) is 8.46. The second-order valence-corrected chi connectivity index (χ2v) is 9.57. The van der Waals surface area contributed by atoms with E-state index in [1.54, 1.807) is 0 Å². The van der Waals surface area contributed by atoms with Gasteiger partial charge in [0.15, 0.2) is 0 Å². The van der Waals surface area contributed by atoms with E-state index in [2.05, 4.69) is 106 Å². The number of anilines is 2. The number of hydrogen-bond donors (Lipinski definition) is 0.